The van der Waals surface area contributed by atoms with E-state index < -0.39 is 11.9 Å². The number of hydrogen-bond acceptors (Lipinski definition) is 5. The first-order chi connectivity index (χ1) is 12.1. The number of rotatable bonds is 4. The summed E-state index contributed by atoms with van der Waals surface area (Å²) in [4.78, 5) is 24.7. The van der Waals surface area contributed by atoms with E-state index in [-0.39, 0.29) is 6.54 Å². The van der Waals surface area contributed by atoms with Crippen LogP contribution in [0.2, 0.25) is 5.02 Å². The molecule has 0 unspecified atom stereocenters. The van der Waals surface area contributed by atoms with E-state index in [1.165, 1.54) is 0 Å². The van der Waals surface area contributed by atoms with Crippen molar-refractivity contribution >= 4 is 29.2 Å². The van der Waals surface area contributed by atoms with Gasteiger partial charge in [-0.05, 0) is 29.5 Å². The Morgan fingerprint density at radius 3 is 2.52 bits per heavy atom. The molecule has 0 saturated carbocycles. The highest BCUT2D eigenvalue weighted by molar-refractivity contribution is 6.33. The maximum Gasteiger partial charge on any atom is 0.325 e. The summed E-state index contributed by atoms with van der Waals surface area (Å²) in [6.07, 6.45) is 0. The highest BCUT2D eigenvalue weighted by Gasteiger charge is 2.13. The molecular formula is C16H13ClN6O2. The number of nitrogens with zero attached hydrogens (tertiary/aromatic N) is 4. The van der Waals surface area contributed by atoms with Crippen LogP contribution in [0.1, 0.15) is 0 Å². The van der Waals surface area contributed by atoms with Gasteiger partial charge in [0.05, 0.1) is 5.02 Å². The van der Waals surface area contributed by atoms with Crippen molar-refractivity contribution in [2.75, 3.05) is 5.32 Å². The lowest BCUT2D eigenvalue weighted by molar-refractivity contribution is -0.120. The first-order valence-electron chi connectivity index (χ1n) is 7.30. The van der Waals surface area contributed by atoms with Gasteiger partial charge in [-0.15, -0.1) is 10.2 Å². The van der Waals surface area contributed by atoms with Gasteiger partial charge in [-0.2, -0.15) is 4.80 Å². The lowest BCUT2D eigenvalue weighted by Gasteiger charge is -2.05. The molecule has 0 aliphatic carbocycles. The molecule has 126 valence electrons. The summed E-state index contributed by atoms with van der Waals surface area (Å²) in [7, 11) is 0. The fourth-order valence-electron chi connectivity index (χ4n) is 2.04. The van der Waals surface area contributed by atoms with Crippen LogP contribution in [0.25, 0.3) is 11.4 Å². The SMILES string of the molecule is O=C(Cn1nnc(-c2ccccc2Cl)n1)NC(=O)Nc1ccccc1. The first-order valence-corrected chi connectivity index (χ1v) is 7.68. The molecule has 0 radical (unpaired) electrons. The van der Waals surface area contributed by atoms with Gasteiger partial charge in [-0.1, -0.05) is 41.9 Å². The zero-order chi connectivity index (χ0) is 17.6. The van der Waals surface area contributed by atoms with Crippen LogP contribution >= 0.6 is 11.6 Å². The Balaban J connectivity index is 1.58. The summed E-state index contributed by atoms with van der Waals surface area (Å²) in [6, 6.07) is 15.2. The van der Waals surface area contributed by atoms with Crippen LogP contribution in [0.4, 0.5) is 10.5 Å². The number of anilines is 1. The lowest BCUT2D eigenvalue weighted by Crippen LogP contribution is -2.37. The zero-order valence-electron chi connectivity index (χ0n) is 12.9. The minimum Gasteiger partial charge on any atom is -0.308 e. The monoisotopic (exact) mass is 356 g/mol. The third kappa shape index (κ3) is 4.39. The second-order valence-corrected chi connectivity index (χ2v) is 5.40. The Morgan fingerprint density at radius 2 is 1.76 bits per heavy atom. The van der Waals surface area contributed by atoms with E-state index in [0.29, 0.717) is 22.1 Å². The number of urea groups is 1. The number of imide groups is 1. The fourth-order valence-corrected chi connectivity index (χ4v) is 2.26. The number of tetrazole rings is 1. The van der Waals surface area contributed by atoms with Gasteiger partial charge >= 0.3 is 6.03 Å². The Morgan fingerprint density at radius 1 is 1.04 bits per heavy atom. The number of hydrogen-bond donors (Lipinski definition) is 2. The van der Waals surface area contributed by atoms with Crippen molar-refractivity contribution < 1.29 is 9.59 Å². The predicted molar refractivity (Wildman–Crippen MR) is 91.9 cm³/mol. The van der Waals surface area contributed by atoms with Gasteiger partial charge in [-0.3, -0.25) is 10.1 Å². The summed E-state index contributed by atoms with van der Waals surface area (Å²) in [5.41, 5.74) is 1.19. The molecule has 8 nitrogen and oxygen atoms in total. The van der Waals surface area contributed by atoms with Crippen LogP contribution < -0.4 is 10.6 Å². The fraction of sp³-hybridized carbons (Fsp3) is 0.0625. The van der Waals surface area contributed by atoms with Gasteiger partial charge in [-0.25, -0.2) is 4.79 Å². The minimum atomic E-state index is -0.636. The zero-order valence-corrected chi connectivity index (χ0v) is 13.6. The van der Waals surface area contributed by atoms with Crippen LogP contribution in [0.3, 0.4) is 0 Å². The van der Waals surface area contributed by atoms with Crippen LogP contribution in [-0.2, 0) is 11.3 Å². The topological polar surface area (TPSA) is 102 Å². The molecule has 25 heavy (non-hydrogen) atoms. The number of amides is 3. The van der Waals surface area contributed by atoms with Gasteiger partial charge < -0.3 is 5.32 Å². The molecule has 0 saturated heterocycles. The number of carbonyl (C=O) groups excluding carboxylic acids is 2. The maximum absolute atomic E-state index is 11.9. The number of aromatic nitrogens is 4. The van der Waals surface area contributed by atoms with Crippen molar-refractivity contribution in [1.82, 2.24) is 25.5 Å². The van der Waals surface area contributed by atoms with Gasteiger partial charge in [0, 0.05) is 11.3 Å². The van der Waals surface area contributed by atoms with Crippen molar-refractivity contribution in [2.45, 2.75) is 6.54 Å². The number of para-hydroxylation sites is 1. The Bertz CT molecular complexity index is 896. The Kier molecular flexibility index (Phi) is 5.00. The lowest BCUT2D eigenvalue weighted by atomic mass is 10.2. The molecule has 0 bridgehead atoms. The van der Waals surface area contributed by atoms with Crippen LogP contribution in [0, 0.1) is 0 Å². The molecule has 2 aromatic carbocycles. The number of benzene rings is 2. The third-order valence-electron chi connectivity index (χ3n) is 3.14. The summed E-state index contributed by atoms with van der Waals surface area (Å²) in [6.45, 7) is -0.250. The molecule has 1 heterocycles. The standard InChI is InChI=1S/C16H13ClN6O2/c17-13-9-5-4-8-12(13)15-20-22-23(21-15)10-14(24)19-16(25)18-11-6-2-1-3-7-11/h1-9H,10H2,(H2,18,19,24,25). The van der Waals surface area contributed by atoms with Crippen molar-refractivity contribution in [3.8, 4) is 11.4 Å². The van der Waals surface area contributed by atoms with Gasteiger partial charge in [0.15, 0.2) is 0 Å². The molecule has 9 heteroatoms. The van der Waals surface area contributed by atoms with Crippen LogP contribution in [-0.4, -0.2) is 32.1 Å². The average molecular weight is 357 g/mol. The normalized spacial score (nSPS) is 10.3. The molecule has 0 fully saturated rings. The smallest absolute Gasteiger partial charge is 0.308 e. The molecule has 0 spiro atoms. The van der Waals surface area contributed by atoms with Gasteiger partial charge in [0.2, 0.25) is 5.82 Å². The second kappa shape index (κ2) is 7.54. The molecule has 0 atom stereocenters. The van der Waals surface area contributed by atoms with Gasteiger partial charge in [0.25, 0.3) is 5.91 Å². The molecule has 3 aromatic rings. The van der Waals surface area contributed by atoms with E-state index >= 15 is 0 Å². The number of carbonyl (C=O) groups is 2. The largest absolute Gasteiger partial charge is 0.325 e. The number of halogens is 1. The second-order valence-electron chi connectivity index (χ2n) is 4.99. The summed E-state index contributed by atoms with van der Waals surface area (Å²) >= 11 is 6.07. The minimum absolute atomic E-state index is 0.250. The molecule has 3 rings (SSSR count). The highest BCUT2D eigenvalue weighted by atomic mass is 35.5. The van der Waals surface area contributed by atoms with Crippen LogP contribution in [0.5, 0.6) is 0 Å². The predicted octanol–water partition coefficient (Wildman–Crippen LogP) is 2.34. The summed E-state index contributed by atoms with van der Waals surface area (Å²) in [5, 5.41) is 17.0. The quantitative estimate of drug-likeness (QED) is 0.747. The summed E-state index contributed by atoms with van der Waals surface area (Å²) < 4.78 is 0. The summed E-state index contributed by atoms with van der Waals surface area (Å²) in [5.74, 6) is -0.274. The molecular weight excluding hydrogens is 344 g/mol. The van der Waals surface area contributed by atoms with Crippen LogP contribution in [0.15, 0.2) is 54.6 Å². The number of nitrogens with one attached hydrogen (secondary N) is 2. The van der Waals surface area contributed by atoms with Crippen molar-refractivity contribution in [1.29, 1.82) is 0 Å². The van der Waals surface area contributed by atoms with E-state index in [1.54, 1.807) is 48.5 Å². The van der Waals surface area contributed by atoms with E-state index in [0.717, 1.165) is 4.80 Å². The molecule has 3 amide bonds. The molecule has 0 aliphatic rings. The molecule has 0 aliphatic heterocycles. The van der Waals surface area contributed by atoms with Crippen molar-refractivity contribution in [3.63, 3.8) is 0 Å². The van der Waals surface area contributed by atoms with E-state index in [4.69, 9.17) is 11.6 Å². The Labute approximate surface area is 147 Å². The third-order valence-corrected chi connectivity index (χ3v) is 3.47. The van der Waals surface area contributed by atoms with E-state index in [2.05, 4.69) is 26.0 Å². The average Bonchev–Trinajstić information content (AvgIpc) is 3.04. The van der Waals surface area contributed by atoms with E-state index in [9.17, 15) is 9.59 Å². The first kappa shape index (κ1) is 16.6. The Hall–Kier alpha value is -3.26. The molecule has 1 aromatic heterocycles. The van der Waals surface area contributed by atoms with E-state index in [1.807, 2.05) is 6.07 Å². The molecule has 2 N–H and O–H groups in total. The maximum atomic E-state index is 11.9. The van der Waals surface area contributed by atoms with Crippen molar-refractivity contribution in [3.05, 3.63) is 59.6 Å². The van der Waals surface area contributed by atoms with Gasteiger partial charge in [0.1, 0.15) is 6.54 Å². The van der Waals surface area contributed by atoms with Crippen molar-refractivity contribution in [2.24, 2.45) is 0 Å². The highest BCUT2D eigenvalue weighted by Crippen LogP contribution is 2.23.